The first kappa shape index (κ1) is 55.5. The number of carbonyl (C=O) groups excluding carboxylic acids is 7. The van der Waals surface area contributed by atoms with E-state index in [1.54, 1.807) is 38.1 Å². The summed E-state index contributed by atoms with van der Waals surface area (Å²) in [7, 11) is 1.29. The number of hydrogen-bond acceptors (Lipinski definition) is 17. The van der Waals surface area contributed by atoms with Crippen LogP contribution in [0.4, 0.5) is 15.3 Å². The van der Waals surface area contributed by atoms with Gasteiger partial charge in [-0.05, 0) is 65.8 Å². The molecule has 3 aliphatic carbocycles. The Kier molecular flexibility index (Phi) is 15.9. The lowest BCUT2D eigenvalue weighted by atomic mass is 9.72. The first-order valence-electron chi connectivity index (χ1n) is 25.7. The maximum absolute atomic E-state index is 14.1. The zero-order valence-corrected chi connectivity index (χ0v) is 43.7. The molecule has 0 bridgehead atoms. The lowest BCUT2D eigenvalue weighted by Crippen LogP contribution is -2.56. The number of phenols is 2. The molecule has 1 aliphatic heterocycles. The molecule has 0 spiro atoms. The molecule has 414 valence electrons. The van der Waals surface area contributed by atoms with Crippen LogP contribution in [0.25, 0.3) is 11.1 Å². The Labute approximate surface area is 453 Å². The van der Waals surface area contributed by atoms with Crippen LogP contribution in [0.1, 0.15) is 112 Å². The summed E-state index contributed by atoms with van der Waals surface area (Å²) in [5.41, 5.74) is 0.775. The maximum Gasteiger partial charge on any atom is 0.407 e. The molecule has 4 aliphatic rings. The quantitative estimate of drug-likeness (QED) is 0.0578. The predicted octanol–water partition coefficient (Wildman–Crippen LogP) is 4.98. The highest BCUT2D eigenvalue weighted by molar-refractivity contribution is 6.31. The van der Waals surface area contributed by atoms with Crippen LogP contribution in [0.15, 0.2) is 91.0 Å². The molecule has 9 N–H and O–H groups in total. The van der Waals surface area contributed by atoms with Crippen LogP contribution >= 0.6 is 0 Å². The number of anilines is 1. The molecule has 1 saturated heterocycles. The lowest BCUT2D eigenvalue weighted by molar-refractivity contribution is -0.249. The average Bonchev–Trinajstić information content (AvgIpc) is 3.94. The fraction of sp³-hybridized carbons (Fsp3) is 0.362. The largest absolute Gasteiger partial charge is 0.507 e. The van der Waals surface area contributed by atoms with Crippen molar-refractivity contribution >= 4 is 47.0 Å². The molecule has 21 nitrogen and oxygen atoms in total. The van der Waals surface area contributed by atoms with Gasteiger partial charge in [0.15, 0.2) is 17.9 Å². The number of rotatable bonds is 16. The first-order chi connectivity index (χ1) is 37.7. The summed E-state index contributed by atoms with van der Waals surface area (Å²) in [6.45, 7) is 5.17. The van der Waals surface area contributed by atoms with Crippen LogP contribution in [0, 0.1) is 5.92 Å². The van der Waals surface area contributed by atoms with Gasteiger partial charge in [-0.25, -0.2) is 9.59 Å². The van der Waals surface area contributed by atoms with Gasteiger partial charge in [-0.15, -0.1) is 0 Å². The van der Waals surface area contributed by atoms with Crippen LogP contribution < -0.4 is 26.0 Å². The van der Waals surface area contributed by atoms with E-state index in [1.165, 1.54) is 39.2 Å². The molecule has 5 aromatic rings. The third kappa shape index (κ3) is 10.9. The number of ketones is 3. The second kappa shape index (κ2) is 22.6. The van der Waals surface area contributed by atoms with Crippen LogP contribution in [0.3, 0.4) is 0 Å². The van der Waals surface area contributed by atoms with Gasteiger partial charge in [-0.1, -0.05) is 86.6 Å². The van der Waals surface area contributed by atoms with Gasteiger partial charge < -0.3 is 70.5 Å². The lowest BCUT2D eigenvalue weighted by Gasteiger charge is -2.42. The van der Waals surface area contributed by atoms with Crippen molar-refractivity contribution in [1.29, 1.82) is 0 Å². The van der Waals surface area contributed by atoms with Crippen molar-refractivity contribution in [3.63, 3.8) is 0 Å². The summed E-state index contributed by atoms with van der Waals surface area (Å²) in [6, 6.07) is 23.3. The zero-order valence-electron chi connectivity index (χ0n) is 43.7. The summed E-state index contributed by atoms with van der Waals surface area (Å²) in [4.78, 5) is 93.9. The van der Waals surface area contributed by atoms with Crippen molar-refractivity contribution in [2.45, 2.75) is 108 Å². The number of alkyl carbamates (subject to hydrolysis) is 2. The smallest absolute Gasteiger partial charge is 0.407 e. The van der Waals surface area contributed by atoms with E-state index in [0.717, 1.165) is 22.3 Å². The Balaban J connectivity index is 0.786. The van der Waals surface area contributed by atoms with E-state index in [4.69, 9.17) is 23.7 Å². The fourth-order valence-corrected chi connectivity index (χ4v) is 10.8. The molecule has 21 heteroatoms. The Morgan fingerprint density at radius 3 is 2.06 bits per heavy atom. The molecule has 8 atom stereocenters. The normalized spacial score (nSPS) is 21.7. The van der Waals surface area contributed by atoms with E-state index in [0.29, 0.717) is 11.3 Å². The maximum atomic E-state index is 14.1. The van der Waals surface area contributed by atoms with Crippen LogP contribution in [-0.4, -0.2) is 129 Å². The topological polar surface area (TPSA) is 315 Å². The predicted molar refractivity (Wildman–Crippen MR) is 280 cm³/mol. The van der Waals surface area contributed by atoms with Gasteiger partial charge in [-0.2, -0.15) is 0 Å². The molecule has 1 fully saturated rings. The molecular formula is C58H60N4O17. The van der Waals surface area contributed by atoms with E-state index >= 15 is 0 Å². The number of aromatic hydroxyl groups is 2. The van der Waals surface area contributed by atoms with Crippen LogP contribution in [-0.2, 0) is 46.4 Å². The number of phenolic OH excluding ortho intramolecular Hbond substituents is 2. The number of aliphatic hydroxyl groups excluding tert-OH is 2. The molecular weight excluding hydrogens is 1020 g/mol. The first-order valence-corrected chi connectivity index (χ1v) is 25.7. The number of amides is 4. The molecule has 0 radical (unpaired) electrons. The molecule has 1 heterocycles. The number of carbonyl (C=O) groups is 7. The highest BCUT2D eigenvalue weighted by atomic mass is 16.7. The van der Waals surface area contributed by atoms with Crippen LogP contribution in [0.2, 0.25) is 0 Å². The van der Waals surface area contributed by atoms with E-state index < -0.39 is 132 Å². The van der Waals surface area contributed by atoms with E-state index in [1.807, 2.05) is 48.5 Å². The summed E-state index contributed by atoms with van der Waals surface area (Å²) in [5, 5.41) is 66.8. The van der Waals surface area contributed by atoms with Gasteiger partial charge in [0.2, 0.25) is 17.6 Å². The van der Waals surface area contributed by atoms with Gasteiger partial charge >= 0.3 is 12.2 Å². The highest BCUT2D eigenvalue weighted by Crippen LogP contribution is 2.53. The van der Waals surface area contributed by atoms with Crippen molar-refractivity contribution in [2.24, 2.45) is 5.92 Å². The van der Waals surface area contributed by atoms with Crippen LogP contribution in [0.5, 0.6) is 17.2 Å². The second-order valence-electron chi connectivity index (χ2n) is 20.4. The number of hydrogen-bond donors (Lipinski definition) is 9. The molecule has 2 unspecified atom stereocenters. The van der Waals surface area contributed by atoms with Crippen molar-refractivity contribution in [3.05, 3.63) is 141 Å². The van der Waals surface area contributed by atoms with E-state index in [2.05, 4.69) is 21.3 Å². The third-order valence-corrected chi connectivity index (χ3v) is 15.0. The number of fused-ring (bicyclic) bond motifs is 6. The fourth-order valence-electron chi connectivity index (χ4n) is 10.8. The standard InChI is InChI=1S/C58H60N4O17/c1-27(2)48(62-57(73)77-26-38-34-13-8-6-11-32(34)33-12-7-9-14-35(33)38)55(71)59-28(3)54(70)60-31-19-17-30(18-20-31)25-76-56(72)61-39-21-43(78-29(4)49(39)65)79-41-23-58(74,42(64)24-63)22-37-45(41)53(69)47-46(51(37)67)50(66)36-15-10-16-40(75-5)44(36)52(47)68/h6-20,27-29,38-39,41,43,48-49,63,65,67,69,74H,21-26H2,1-5H3,(H,59,71)(H,60,70)(H,61,72)(H,62,73)/t28-,29-,39-,41?,43?,48+,49+,58-/m0/s1. The Hall–Kier alpha value is -8.21. The van der Waals surface area contributed by atoms with Crippen molar-refractivity contribution in [1.82, 2.24) is 16.0 Å². The number of benzene rings is 5. The molecule has 0 saturated carbocycles. The third-order valence-electron chi connectivity index (χ3n) is 15.0. The highest BCUT2D eigenvalue weighted by Gasteiger charge is 2.50. The monoisotopic (exact) mass is 1080 g/mol. The van der Waals surface area contributed by atoms with Crippen molar-refractivity contribution in [3.8, 4) is 28.4 Å². The molecule has 0 aromatic heterocycles. The minimum Gasteiger partial charge on any atom is -0.507 e. The summed E-state index contributed by atoms with van der Waals surface area (Å²) in [6.07, 6.45) is -8.50. The molecule has 4 amide bonds. The van der Waals surface area contributed by atoms with Gasteiger partial charge in [0, 0.05) is 47.6 Å². The summed E-state index contributed by atoms with van der Waals surface area (Å²) < 4.78 is 28.6. The Morgan fingerprint density at radius 2 is 1.42 bits per heavy atom. The second-order valence-corrected chi connectivity index (χ2v) is 20.4. The number of methoxy groups -OCH3 is 1. The molecule has 5 aromatic carbocycles. The van der Waals surface area contributed by atoms with Gasteiger partial charge in [0.05, 0.1) is 42.0 Å². The number of nitrogens with one attached hydrogen (secondary N) is 4. The molecule has 9 rings (SSSR count). The number of ether oxygens (including phenoxy) is 5. The van der Waals surface area contributed by atoms with Gasteiger partial charge in [0.25, 0.3) is 0 Å². The minimum absolute atomic E-state index is 0.0330. The summed E-state index contributed by atoms with van der Waals surface area (Å²) >= 11 is 0. The van der Waals surface area contributed by atoms with Crippen molar-refractivity contribution in [2.75, 3.05) is 25.6 Å². The van der Waals surface area contributed by atoms with Gasteiger partial charge in [0.1, 0.15) is 60.9 Å². The average molecular weight is 1090 g/mol. The zero-order chi connectivity index (χ0) is 56.6. The van der Waals surface area contributed by atoms with Crippen molar-refractivity contribution < 1.29 is 82.8 Å². The van der Waals surface area contributed by atoms with E-state index in [-0.39, 0.29) is 59.5 Å². The molecule has 79 heavy (non-hydrogen) atoms. The Bertz CT molecular complexity index is 3210. The van der Waals surface area contributed by atoms with Gasteiger partial charge in [-0.3, -0.25) is 24.0 Å². The number of Topliss-reactive ketones (excluding diaryl/α,β-unsaturated/α-hetero) is 1. The van der Waals surface area contributed by atoms with E-state index in [9.17, 15) is 59.1 Å². The number of aliphatic hydroxyl groups is 3. The SMILES string of the molecule is COc1cccc2c1C(=O)c1c(O)c3c(c(O)c1C2=O)C[C@@](O)(C(=O)CO)CC3OC1C[C@H](NC(=O)OCc2ccc(NC(=O)[C@H](C)NC(=O)[C@H](NC(=O)OCC3c4ccccc4-c4ccccc43)C(C)C)cc2)[C@H](O)[C@H](C)O1. The summed E-state index contributed by atoms with van der Waals surface area (Å²) in [5.74, 6) is -5.96. The minimum atomic E-state index is -2.40. The Morgan fingerprint density at radius 1 is 0.772 bits per heavy atom.